The van der Waals surface area contributed by atoms with Crippen LogP contribution in [0.3, 0.4) is 0 Å². The molecule has 0 N–H and O–H groups in total. The normalized spacial score (nSPS) is 33.5. The van der Waals surface area contributed by atoms with Crippen molar-refractivity contribution in [1.29, 1.82) is 0 Å². The molecular weight excluding hydrogens is 158 g/mol. The summed E-state index contributed by atoms with van der Waals surface area (Å²) in [6.45, 7) is 0. The molecule has 0 radical (unpaired) electrons. The van der Waals surface area contributed by atoms with Crippen molar-refractivity contribution in [3.63, 3.8) is 0 Å². The minimum absolute atomic E-state index is 0.00616. The zero-order chi connectivity index (χ0) is 8.55. The highest BCUT2D eigenvalue weighted by molar-refractivity contribution is 6.35. The third-order valence-electron chi connectivity index (χ3n) is 2.55. The summed E-state index contributed by atoms with van der Waals surface area (Å²) in [5, 5.41) is 14.1. The molecule has 0 amide bonds. The van der Waals surface area contributed by atoms with Crippen molar-refractivity contribution in [3.05, 3.63) is 0 Å². The molecule has 2 rings (SSSR count). The van der Waals surface area contributed by atoms with E-state index in [0.717, 1.165) is 25.7 Å². The Kier molecular flexibility index (Phi) is 1.75. The fourth-order valence-electron chi connectivity index (χ4n) is 1.92. The Balaban J connectivity index is 2.13. The number of carboxylic acid groups (broad SMARTS) is 1. The zero-order valence-corrected chi connectivity index (χ0v) is 6.66. The van der Waals surface area contributed by atoms with Crippen LogP contribution in [0, 0.1) is 5.92 Å². The number of nitrogens with zero attached hydrogens (tertiary/aromatic N) is 1. The fourth-order valence-corrected chi connectivity index (χ4v) is 1.92. The maximum atomic E-state index is 10.5. The predicted molar refractivity (Wildman–Crippen MR) is 39.3 cm³/mol. The van der Waals surface area contributed by atoms with E-state index in [1.54, 1.807) is 0 Å². The molecule has 1 aliphatic heterocycles. The van der Waals surface area contributed by atoms with Gasteiger partial charge in [0.1, 0.15) is 11.8 Å². The van der Waals surface area contributed by atoms with E-state index in [9.17, 15) is 9.90 Å². The molecule has 0 saturated heterocycles. The number of rotatable bonds is 1. The molecule has 0 spiro atoms. The number of oxime groups is 1. The van der Waals surface area contributed by atoms with Gasteiger partial charge in [0.25, 0.3) is 0 Å². The second-order valence-corrected chi connectivity index (χ2v) is 3.30. The van der Waals surface area contributed by atoms with Crippen molar-refractivity contribution in [1.82, 2.24) is 0 Å². The lowest BCUT2D eigenvalue weighted by molar-refractivity contribution is -0.294. The fraction of sp³-hybridized carbons (Fsp3) is 0.750. The first-order valence-electron chi connectivity index (χ1n) is 4.24. The Morgan fingerprint density at radius 3 is 3.00 bits per heavy atom. The van der Waals surface area contributed by atoms with Crippen molar-refractivity contribution in [2.45, 2.75) is 31.8 Å². The maximum absolute atomic E-state index is 10.5. The van der Waals surface area contributed by atoms with E-state index in [1.807, 2.05) is 0 Å². The summed E-state index contributed by atoms with van der Waals surface area (Å²) in [5.74, 6) is -1.19. The van der Waals surface area contributed by atoms with Crippen molar-refractivity contribution < 1.29 is 14.7 Å². The summed E-state index contributed by atoms with van der Waals surface area (Å²) in [6.07, 6.45) is 3.97. The standard InChI is InChI=1S/C8H11NO3/c10-8(11)7-5-3-1-2-4-6(5)12-9-7/h5-6H,1-4H2,(H,10,11)/p-1/t5-,6-/m0/s1. The Morgan fingerprint density at radius 2 is 2.25 bits per heavy atom. The highest BCUT2D eigenvalue weighted by Gasteiger charge is 2.36. The lowest BCUT2D eigenvalue weighted by atomic mass is 9.84. The van der Waals surface area contributed by atoms with Crippen LogP contribution in [-0.4, -0.2) is 17.8 Å². The van der Waals surface area contributed by atoms with Gasteiger partial charge in [-0.15, -0.1) is 0 Å². The number of carboxylic acids is 1. The SMILES string of the molecule is O=C([O-])C1=NO[C@H]2CCCC[C@H]12. The molecule has 2 aliphatic rings. The molecule has 0 aromatic carbocycles. The number of carbonyl (C=O) groups excluding carboxylic acids is 1. The van der Waals surface area contributed by atoms with Crippen LogP contribution in [0.4, 0.5) is 0 Å². The van der Waals surface area contributed by atoms with Gasteiger partial charge in [-0.2, -0.15) is 0 Å². The molecule has 1 heterocycles. The van der Waals surface area contributed by atoms with Crippen LogP contribution in [0.15, 0.2) is 5.16 Å². The molecule has 0 unspecified atom stereocenters. The minimum atomic E-state index is -1.18. The van der Waals surface area contributed by atoms with Crippen molar-refractivity contribution in [2.24, 2.45) is 11.1 Å². The molecule has 1 fully saturated rings. The van der Waals surface area contributed by atoms with Gasteiger partial charge in [-0.25, -0.2) is 0 Å². The van der Waals surface area contributed by atoms with Gasteiger partial charge in [0.05, 0.1) is 5.97 Å². The van der Waals surface area contributed by atoms with E-state index >= 15 is 0 Å². The second kappa shape index (κ2) is 2.77. The summed E-state index contributed by atoms with van der Waals surface area (Å²) in [6, 6.07) is 0. The van der Waals surface area contributed by atoms with Crippen LogP contribution < -0.4 is 5.11 Å². The average molecular weight is 168 g/mol. The van der Waals surface area contributed by atoms with Gasteiger partial charge >= 0.3 is 0 Å². The molecule has 1 saturated carbocycles. The smallest absolute Gasteiger partial charge is 0.136 e. The molecule has 66 valence electrons. The van der Waals surface area contributed by atoms with Gasteiger partial charge in [0.2, 0.25) is 0 Å². The minimum Gasteiger partial charge on any atom is -0.543 e. The predicted octanol–water partition coefficient (Wildman–Crippen LogP) is -0.319. The number of aliphatic carboxylic acids is 1. The van der Waals surface area contributed by atoms with Crippen LogP contribution in [0.1, 0.15) is 25.7 Å². The van der Waals surface area contributed by atoms with E-state index in [4.69, 9.17) is 4.84 Å². The van der Waals surface area contributed by atoms with Gasteiger partial charge in [0, 0.05) is 5.92 Å². The molecule has 0 aromatic rings. The lowest BCUT2D eigenvalue weighted by Gasteiger charge is -2.23. The third kappa shape index (κ3) is 1.07. The molecular formula is C8H10NO3-. The Bertz CT molecular complexity index is 236. The molecule has 0 bridgehead atoms. The molecule has 0 aromatic heterocycles. The first-order chi connectivity index (χ1) is 5.79. The maximum Gasteiger partial charge on any atom is 0.136 e. The van der Waals surface area contributed by atoms with Crippen LogP contribution in [0.25, 0.3) is 0 Å². The Labute approximate surface area is 70.2 Å². The summed E-state index contributed by atoms with van der Waals surface area (Å²) >= 11 is 0. The average Bonchev–Trinajstić information content (AvgIpc) is 2.47. The Morgan fingerprint density at radius 1 is 1.50 bits per heavy atom. The van der Waals surface area contributed by atoms with Gasteiger partial charge < -0.3 is 14.7 Å². The highest BCUT2D eigenvalue weighted by atomic mass is 16.6. The summed E-state index contributed by atoms with van der Waals surface area (Å²) < 4.78 is 0. The van der Waals surface area contributed by atoms with E-state index < -0.39 is 5.97 Å². The number of hydrogen-bond acceptors (Lipinski definition) is 4. The summed E-state index contributed by atoms with van der Waals surface area (Å²) in [5.41, 5.74) is 0.111. The quantitative estimate of drug-likeness (QED) is 0.539. The molecule has 1 aliphatic carbocycles. The first kappa shape index (κ1) is 7.58. The van der Waals surface area contributed by atoms with Crippen LogP contribution >= 0.6 is 0 Å². The highest BCUT2D eigenvalue weighted by Crippen LogP contribution is 2.32. The van der Waals surface area contributed by atoms with Crippen molar-refractivity contribution in [3.8, 4) is 0 Å². The van der Waals surface area contributed by atoms with Gasteiger partial charge in [-0.3, -0.25) is 0 Å². The van der Waals surface area contributed by atoms with E-state index in [2.05, 4.69) is 5.16 Å². The van der Waals surface area contributed by atoms with E-state index in [0.29, 0.717) is 0 Å². The summed E-state index contributed by atoms with van der Waals surface area (Å²) in [4.78, 5) is 15.5. The Hall–Kier alpha value is -1.06. The zero-order valence-electron chi connectivity index (χ0n) is 6.66. The number of hydrogen-bond donors (Lipinski definition) is 0. The largest absolute Gasteiger partial charge is 0.543 e. The monoisotopic (exact) mass is 168 g/mol. The van der Waals surface area contributed by atoms with E-state index in [1.165, 1.54) is 0 Å². The molecule has 12 heavy (non-hydrogen) atoms. The molecule has 4 nitrogen and oxygen atoms in total. The molecule has 2 atom stereocenters. The van der Waals surface area contributed by atoms with Crippen molar-refractivity contribution >= 4 is 11.7 Å². The topological polar surface area (TPSA) is 61.7 Å². The van der Waals surface area contributed by atoms with Crippen molar-refractivity contribution in [2.75, 3.05) is 0 Å². The van der Waals surface area contributed by atoms with Crippen LogP contribution in [0.5, 0.6) is 0 Å². The lowest BCUT2D eigenvalue weighted by Crippen LogP contribution is -2.38. The van der Waals surface area contributed by atoms with Gasteiger partial charge in [-0.05, 0) is 19.3 Å². The van der Waals surface area contributed by atoms with Gasteiger partial charge in [-0.1, -0.05) is 11.6 Å². The third-order valence-corrected chi connectivity index (χ3v) is 2.55. The van der Waals surface area contributed by atoms with Crippen LogP contribution in [0.2, 0.25) is 0 Å². The first-order valence-corrected chi connectivity index (χ1v) is 4.24. The second-order valence-electron chi connectivity index (χ2n) is 3.30. The van der Waals surface area contributed by atoms with Gasteiger partial charge in [0.15, 0.2) is 0 Å². The number of fused-ring (bicyclic) bond motifs is 1. The van der Waals surface area contributed by atoms with E-state index in [-0.39, 0.29) is 17.7 Å². The molecule has 4 heteroatoms. The van der Waals surface area contributed by atoms with Crippen LogP contribution in [-0.2, 0) is 9.63 Å². The number of carbonyl (C=O) groups is 1. The summed E-state index contributed by atoms with van der Waals surface area (Å²) in [7, 11) is 0.